The molecule has 1 aromatic carbocycles. The number of anilines is 1. The van der Waals surface area contributed by atoms with Gasteiger partial charge in [-0.2, -0.15) is 0 Å². The standard InChI is InChI=1S/C19H16BrFN8O3S/c20-12-2-1-10(21)7-14(12)32-11-3-5-28(6-4-11)19-22-8-13-17(24-19)33-18(23-13)16-25-26-27-29(16)9-15(30)31/h1-2,7-8,11H,3-6,9H2,(H,30,31). The van der Waals surface area contributed by atoms with Crippen molar-refractivity contribution in [2.24, 2.45) is 0 Å². The summed E-state index contributed by atoms with van der Waals surface area (Å²) in [5, 5.41) is 20.6. The third-order valence-electron chi connectivity index (χ3n) is 5.06. The third kappa shape index (κ3) is 4.61. The molecule has 0 aliphatic carbocycles. The smallest absolute Gasteiger partial charge is 0.325 e. The first-order valence-corrected chi connectivity index (χ1v) is 11.6. The SMILES string of the molecule is O=C(O)Cn1nnnc1-c1nc2cnc(N3CCC(Oc4cc(F)ccc4Br)CC3)nc2s1. The number of tetrazole rings is 1. The van der Waals surface area contributed by atoms with Crippen LogP contribution in [-0.4, -0.2) is 65.4 Å². The van der Waals surface area contributed by atoms with Crippen LogP contribution in [-0.2, 0) is 11.3 Å². The summed E-state index contributed by atoms with van der Waals surface area (Å²) in [6.45, 7) is 1.01. The number of rotatable bonds is 6. The summed E-state index contributed by atoms with van der Waals surface area (Å²) in [5.41, 5.74) is 0.581. The maximum Gasteiger partial charge on any atom is 0.325 e. The van der Waals surface area contributed by atoms with Gasteiger partial charge in [-0.15, -0.1) is 5.10 Å². The molecule has 0 radical (unpaired) electrons. The van der Waals surface area contributed by atoms with Gasteiger partial charge in [-0.1, -0.05) is 11.3 Å². The summed E-state index contributed by atoms with van der Waals surface area (Å²) in [6, 6.07) is 4.39. The topological polar surface area (TPSA) is 132 Å². The number of aromatic nitrogens is 7. The summed E-state index contributed by atoms with van der Waals surface area (Å²) < 4.78 is 21.4. The first kappa shape index (κ1) is 21.6. The summed E-state index contributed by atoms with van der Waals surface area (Å²) in [6.07, 6.45) is 3.08. The Kier molecular flexibility index (Phi) is 5.85. The molecule has 170 valence electrons. The molecule has 0 unspecified atom stereocenters. The number of ether oxygens (including phenoxy) is 1. The second-order valence-corrected chi connectivity index (χ2v) is 9.14. The fourth-order valence-electron chi connectivity index (χ4n) is 3.49. The van der Waals surface area contributed by atoms with Crippen LogP contribution in [0, 0.1) is 5.82 Å². The van der Waals surface area contributed by atoms with Crippen molar-refractivity contribution in [1.82, 2.24) is 35.2 Å². The van der Waals surface area contributed by atoms with Gasteiger partial charge in [-0.3, -0.25) is 4.79 Å². The minimum atomic E-state index is -1.05. The number of benzene rings is 1. The predicted molar refractivity (Wildman–Crippen MR) is 120 cm³/mol. The van der Waals surface area contributed by atoms with Crippen molar-refractivity contribution >= 4 is 49.5 Å². The number of hydrogen-bond donors (Lipinski definition) is 1. The molecule has 33 heavy (non-hydrogen) atoms. The van der Waals surface area contributed by atoms with Crippen LogP contribution in [0.1, 0.15) is 12.8 Å². The summed E-state index contributed by atoms with van der Waals surface area (Å²) >= 11 is 4.66. The largest absolute Gasteiger partial charge is 0.489 e. The molecule has 4 heterocycles. The van der Waals surface area contributed by atoms with E-state index < -0.39 is 5.97 Å². The molecule has 0 amide bonds. The van der Waals surface area contributed by atoms with Gasteiger partial charge in [0.1, 0.15) is 34.6 Å². The van der Waals surface area contributed by atoms with E-state index in [0.717, 1.165) is 17.3 Å². The Balaban J connectivity index is 1.29. The average molecular weight is 535 g/mol. The molecular weight excluding hydrogens is 519 g/mol. The minimum Gasteiger partial charge on any atom is -0.489 e. The lowest BCUT2D eigenvalue weighted by molar-refractivity contribution is -0.137. The summed E-state index contributed by atoms with van der Waals surface area (Å²) in [7, 11) is 0. The molecule has 1 N–H and O–H groups in total. The number of piperidine rings is 1. The van der Waals surface area contributed by atoms with Crippen molar-refractivity contribution < 1.29 is 19.0 Å². The Hall–Kier alpha value is -3.26. The minimum absolute atomic E-state index is 0.0359. The van der Waals surface area contributed by atoms with Crippen LogP contribution in [0.25, 0.3) is 21.2 Å². The zero-order valence-corrected chi connectivity index (χ0v) is 19.3. The molecule has 1 saturated heterocycles. The lowest BCUT2D eigenvalue weighted by Crippen LogP contribution is -2.39. The Morgan fingerprint density at radius 1 is 1.30 bits per heavy atom. The van der Waals surface area contributed by atoms with E-state index in [2.05, 4.69) is 51.3 Å². The van der Waals surface area contributed by atoms with Gasteiger partial charge in [0.15, 0.2) is 5.01 Å². The van der Waals surface area contributed by atoms with Gasteiger partial charge in [0, 0.05) is 32.0 Å². The lowest BCUT2D eigenvalue weighted by atomic mass is 10.1. The Labute approximate surface area is 198 Å². The van der Waals surface area contributed by atoms with Gasteiger partial charge in [0.25, 0.3) is 0 Å². The number of aliphatic carboxylic acids is 1. The van der Waals surface area contributed by atoms with E-state index in [1.165, 1.54) is 28.2 Å². The van der Waals surface area contributed by atoms with Gasteiger partial charge < -0.3 is 14.7 Å². The molecule has 0 atom stereocenters. The molecule has 0 spiro atoms. The summed E-state index contributed by atoms with van der Waals surface area (Å²) in [4.78, 5) is 27.2. The number of carboxylic acids is 1. The molecular formula is C19H16BrFN8O3S. The molecule has 0 saturated carbocycles. The van der Waals surface area contributed by atoms with Gasteiger partial charge in [-0.05, 0) is 38.5 Å². The van der Waals surface area contributed by atoms with Gasteiger partial charge in [-0.25, -0.2) is 24.0 Å². The molecule has 3 aromatic heterocycles. The van der Waals surface area contributed by atoms with Crippen molar-refractivity contribution in [2.45, 2.75) is 25.5 Å². The van der Waals surface area contributed by atoms with Crippen LogP contribution in [0.2, 0.25) is 0 Å². The van der Waals surface area contributed by atoms with E-state index in [4.69, 9.17) is 9.84 Å². The second kappa shape index (κ2) is 8.94. The fraction of sp³-hybridized carbons (Fsp3) is 0.316. The van der Waals surface area contributed by atoms with E-state index in [9.17, 15) is 9.18 Å². The van der Waals surface area contributed by atoms with Crippen LogP contribution in [0.5, 0.6) is 5.75 Å². The fourth-order valence-corrected chi connectivity index (χ4v) is 4.72. The van der Waals surface area contributed by atoms with E-state index >= 15 is 0 Å². The number of hydrogen-bond acceptors (Lipinski definition) is 10. The van der Waals surface area contributed by atoms with Crippen molar-refractivity contribution in [1.29, 1.82) is 0 Å². The highest BCUT2D eigenvalue weighted by molar-refractivity contribution is 9.10. The third-order valence-corrected chi connectivity index (χ3v) is 6.67. The highest BCUT2D eigenvalue weighted by atomic mass is 79.9. The van der Waals surface area contributed by atoms with Crippen molar-refractivity contribution in [3.05, 3.63) is 34.7 Å². The summed E-state index contributed by atoms with van der Waals surface area (Å²) in [5.74, 6) is -0.0534. The molecule has 5 rings (SSSR count). The van der Waals surface area contributed by atoms with E-state index in [0.29, 0.717) is 40.1 Å². The van der Waals surface area contributed by atoms with Gasteiger partial charge >= 0.3 is 5.97 Å². The number of halogens is 2. The molecule has 14 heteroatoms. The van der Waals surface area contributed by atoms with E-state index in [-0.39, 0.29) is 24.3 Å². The number of carbonyl (C=O) groups is 1. The van der Waals surface area contributed by atoms with Crippen molar-refractivity contribution in [2.75, 3.05) is 18.0 Å². The zero-order valence-electron chi connectivity index (χ0n) is 16.9. The maximum absolute atomic E-state index is 13.5. The van der Waals surface area contributed by atoms with Crippen LogP contribution in [0.4, 0.5) is 10.3 Å². The Morgan fingerprint density at radius 3 is 2.91 bits per heavy atom. The highest BCUT2D eigenvalue weighted by Crippen LogP contribution is 2.31. The van der Waals surface area contributed by atoms with Crippen LogP contribution < -0.4 is 9.64 Å². The number of carboxylic acid groups (broad SMARTS) is 1. The second-order valence-electron chi connectivity index (χ2n) is 7.31. The first-order valence-electron chi connectivity index (χ1n) is 9.95. The molecule has 1 aliphatic rings. The molecule has 11 nitrogen and oxygen atoms in total. The normalized spacial score (nSPS) is 14.7. The Morgan fingerprint density at radius 2 is 2.12 bits per heavy atom. The van der Waals surface area contributed by atoms with Crippen molar-refractivity contribution in [3.8, 4) is 16.6 Å². The maximum atomic E-state index is 13.5. The van der Waals surface area contributed by atoms with Crippen LogP contribution in [0.15, 0.2) is 28.9 Å². The number of nitrogens with zero attached hydrogens (tertiary/aromatic N) is 8. The first-order chi connectivity index (χ1) is 16.0. The van der Waals surface area contributed by atoms with Crippen LogP contribution >= 0.6 is 27.3 Å². The van der Waals surface area contributed by atoms with Gasteiger partial charge in [0.05, 0.1) is 10.7 Å². The number of thiazole rings is 1. The molecule has 4 aromatic rings. The lowest BCUT2D eigenvalue weighted by Gasteiger charge is -2.32. The zero-order chi connectivity index (χ0) is 22.9. The monoisotopic (exact) mass is 534 g/mol. The number of fused-ring (bicyclic) bond motifs is 1. The molecule has 1 fully saturated rings. The Bertz CT molecular complexity index is 1320. The van der Waals surface area contributed by atoms with Crippen molar-refractivity contribution in [3.63, 3.8) is 0 Å². The quantitative estimate of drug-likeness (QED) is 0.393. The highest BCUT2D eigenvalue weighted by Gasteiger charge is 2.24. The van der Waals surface area contributed by atoms with E-state index in [1.807, 2.05) is 0 Å². The molecule has 1 aliphatic heterocycles. The average Bonchev–Trinajstić information content (AvgIpc) is 3.42. The van der Waals surface area contributed by atoms with Crippen LogP contribution in [0.3, 0.4) is 0 Å². The van der Waals surface area contributed by atoms with Gasteiger partial charge in [0.2, 0.25) is 11.8 Å². The molecule has 0 bridgehead atoms. The predicted octanol–water partition coefficient (Wildman–Crippen LogP) is 2.77. The van der Waals surface area contributed by atoms with E-state index in [1.54, 1.807) is 12.3 Å².